The summed E-state index contributed by atoms with van der Waals surface area (Å²) in [5.74, 6) is 0.865. The molecule has 0 spiro atoms. The van der Waals surface area contributed by atoms with Gasteiger partial charge in [0.15, 0.2) is 11.9 Å². The summed E-state index contributed by atoms with van der Waals surface area (Å²) in [4.78, 5) is 31.1. The van der Waals surface area contributed by atoms with E-state index in [0.29, 0.717) is 23.2 Å². The maximum absolute atomic E-state index is 12.7. The lowest BCUT2D eigenvalue weighted by atomic mass is 9.97. The van der Waals surface area contributed by atoms with E-state index in [1.54, 1.807) is 39.0 Å². The summed E-state index contributed by atoms with van der Waals surface area (Å²) in [6, 6.07) is 7.16. The lowest BCUT2D eigenvalue weighted by Crippen LogP contribution is -2.51. The van der Waals surface area contributed by atoms with Crippen LogP contribution < -0.4 is 15.0 Å². The second-order valence-corrected chi connectivity index (χ2v) is 8.50. The summed E-state index contributed by atoms with van der Waals surface area (Å²) in [6.07, 6.45) is -0.651. The van der Waals surface area contributed by atoms with Crippen LogP contribution >= 0.6 is 0 Å². The van der Waals surface area contributed by atoms with E-state index in [4.69, 9.17) is 9.26 Å². The van der Waals surface area contributed by atoms with Crippen LogP contribution in [0.25, 0.3) is 0 Å². The predicted octanol–water partition coefficient (Wildman–Crippen LogP) is 2.53. The highest BCUT2D eigenvalue weighted by molar-refractivity contribution is 6.03. The lowest BCUT2D eigenvalue weighted by Gasteiger charge is -2.33. The number of hydrogen-bond acceptors (Lipinski definition) is 6. The third-order valence-electron chi connectivity index (χ3n) is 4.45. The van der Waals surface area contributed by atoms with Crippen molar-refractivity contribution in [2.75, 3.05) is 11.4 Å². The number of fused-ring (bicyclic) bond motifs is 1. The van der Waals surface area contributed by atoms with Crippen LogP contribution in [0.5, 0.6) is 5.75 Å². The van der Waals surface area contributed by atoms with Gasteiger partial charge in [0.1, 0.15) is 12.3 Å². The first kappa shape index (κ1) is 19.9. The Balaban J connectivity index is 1.76. The van der Waals surface area contributed by atoms with E-state index in [9.17, 15) is 9.59 Å². The van der Waals surface area contributed by atoms with E-state index in [2.05, 4.69) is 15.5 Å². The van der Waals surface area contributed by atoms with Gasteiger partial charge in [0, 0.05) is 5.41 Å². The zero-order chi connectivity index (χ0) is 20.7. The number of amides is 2. The fourth-order valence-electron chi connectivity index (χ4n) is 2.89. The first-order valence-electron chi connectivity index (χ1n) is 9.22. The Labute approximate surface area is 164 Å². The second kappa shape index (κ2) is 6.92. The molecule has 2 aromatic rings. The smallest absolute Gasteiger partial charge is 0.268 e. The van der Waals surface area contributed by atoms with E-state index >= 15 is 0 Å². The molecule has 0 aliphatic carbocycles. The number of para-hydroxylation sites is 2. The molecule has 1 atom stereocenters. The molecular weight excluding hydrogens is 360 g/mol. The highest BCUT2D eigenvalue weighted by Crippen LogP contribution is 2.33. The van der Waals surface area contributed by atoms with Crippen molar-refractivity contribution >= 4 is 17.5 Å². The number of hydrogen-bond donors (Lipinski definition) is 1. The molecule has 1 aromatic carbocycles. The monoisotopic (exact) mass is 386 g/mol. The number of carbonyl (C=O) groups is 2. The van der Waals surface area contributed by atoms with Crippen LogP contribution in [0.15, 0.2) is 28.8 Å². The van der Waals surface area contributed by atoms with Crippen molar-refractivity contribution in [2.45, 2.75) is 58.6 Å². The van der Waals surface area contributed by atoms with Gasteiger partial charge in [0.05, 0.1) is 11.2 Å². The summed E-state index contributed by atoms with van der Waals surface area (Å²) in [5.41, 5.74) is -0.566. The minimum atomic E-state index is -0.857. The van der Waals surface area contributed by atoms with Crippen molar-refractivity contribution in [3.8, 4) is 5.75 Å². The van der Waals surface area contributed by atoms with Crippen molar-refractivity contribution < 1.29 is 18.8 Å². The Kier molecular flexibility index (Phi) is 4.91. The van der Waals surface area contributed by atoms with Gasteiger partial charge in [-0.3, -0.25) is 14.5 Å². The average molecular weight is 386 g/mol. The van der Waals surface area contributed by atoms with Crippen LogP contribution in [0.3, 0.4) is 0 Å². The zero-order valence-electron chi connectivity index (χ0n) is 17.1. The Morgan fingerprint density at radius 2 is 1.89 bits per heavy atom. The highest BCUT2D eigenvalue weighted by atomic mass is 16.5. The number of ether oxygens (including phenoxy) is 1. The molecule has 8 nitrogen and oxygen atoms in total. The van der Waals surface area contributed by atoms with Crippen LogP contribution in [0.4, 0.5) is 5.69 Å². The highest BCUT2D eigenvalue weighted by Gasteiger charge is 2.35. The number of aromatic nitrogens is 2. The minimum absolute atomic E-state index is 0.128. The maximum Gasteiger partial charge on any atom is 0.268 e. The summed E-state index contributed by atoms with van der Waals surface area (Å²) < 4.78 is 10.9. The van der Waals surface area contributed by atoms with Gasteiger partial charge in [0.2, 0.25) is 11.8 Å². The molecule has 0 radical (unpaired) electrons. The van der Waals surface area contributed by atoms with Crippen LogP contribution in [-0.2, 0) is 20.5 Å². The molecule has 2 heterocycles. The quantitative estimate of drug-likeness (QED) is 0.867. The Morgan fingerprint density at radius 3 is 2.54 bits per heavy atom. The maximum atomic E-state index is 12.7. The van der Waals surface area contributed by atoms with Gasteiger partial charge in [-0.05, 0) is 32.9 Å². The van der Waals surface area contributed by atoms with Crippen LogP contribution in [-0.4, -0.2) is 34.6 Å². The standard InChI is InChI=1S/C20H26N4O4/c1-12-16(26)24(13-9-7-8-10-14(13)27-12)11-15(25)22-20(5,6)17-21-18(28-23-17)19(2,3)4/h7-10,12H,11H2,1-6H3,(H,22,25)/t12-/m1/s1. The number of rotatable bonds is 4. The number of benzene rings is 1. The lowest BCUT2D eigenvalue weighted by molar-refractivity contribution is -0.128. The molecule has 1 aromatic heterocycles. The van der Waals surface area contributed by atoms with Gasteiger partial charge in [0.25, 0.3) is 5.91 Å². The van der Waals surface area contributed by atoms with Gasteiger partial charge < -0.3 is 14.6 Å². The topological polar surface area (TPSA) is 97.6 Å². The van der Waals surface area contributed by atoms with E-state index in [0.717, 1.165) is 0 Å². The first-order chi connectivity index (χ1) is 13.0. The summed E-state index contributed by atoms with van der Waals surface area (Å²) in [7, 11) is 0. The van der Waals surface area contributed by atoms with Crippen LogP contribution in [0.1, 0.15) is 53.3 Å². The number of anilines is 1. The molecule has 1 aliphatic rings. The SMILES string of the molecule is C[C@H]1Oc2ccccc2N(CC(=O)NC(C)(C)c2noc(C(C)(C)C)n2)C1=O. The molecule has 1 aliphatic heterocycles. The second-order valence-electron chi connectivity index (χ2n) is 8.50. The van der Waals surface area contributed by atoms with Crippen molar-refractivity contribution in [2.24, 2.45) is 0 Å². The third-order valence-corrected chi connectivity index (χ3v) is 4.45. The molecule has 2 amide bonds. The molecule has 28 heavy (non-hydrogen) atoms. The first-order valence-corrected chi connectivity index (χ1v) is 9.22. The Hall–Kier alpha value is -2.90. The molecule has 0 bridgehead atoms. The largest absolute Gasteiger partial charge is 0.479 e. The Bertz CT molecular complexity index is 898. The fraction of sp³-hybridized carbons (Fsp3) is 0.500. The number of nitrogens with one attached hydrogen (secondary N) is 1. The number of carbonyl (C=O) groups excluding carboxylic acids is 2. The molecular formula is C20H26N4O4. The van der Waals surface area contributed by atoms with E-state index < -0.39 is 11.6 Å². The zero-order valence-corrected chi connectivity index (χ0v) is 17.1. The van der Waals surface area contributed by atoms with Gasteiger partial charge in [-0.15, -0.1) is 0 Å². The van der Waals surface area contributed by atoms with Crippen LogP contribution in [0.2, 0.25) is 0 Å². The van der Waals surface area contributed by atoms with Crippen molar-refractivity contribution in [1.82, 2.24) is 15.5 Å². The molecule has 8 heteroatoms. The third kappa shape index (κ3) is 3.85. The molecule has 1 N–H and O–H groups in total. The molecule has 0 saturated carbocycles. The predicted molar refractivity (Wildman–Crippen MR) is 103 cm³/mol. The fourth-order valence-corrected chi connectivity index (χ4v) is 2.89. The van der Waals surface area contributed by atoms with Crippen molar-refractivity contribution in [1.29, 1.82) is 0 Å². The van der Waals surface area contributed by atoms with Crippen molar-refractivity contribution in [3.63, 3.8) is 0 Å². The van der Waals surface area contributed by atoms with E-state index in [-0.39, 0.29) is 23.8 Å². The normalized spacial score (nSPS) is 17.1. The molecule has 0 fully saturated rings. The Morgan fingerprint density at radius 1 is 1.21 bits per heavy atom. The molecule has 0 unspecified atom stereocenters. The van der Waals surface area contributed by atoms with E-state index in [1.807, 2.05) is 26.8 Å². The van der Waals surface area contributed by atoms with E-state index in [1.165, 1.54) is 4.90 Å². The summed E-state index contributed by atoms with van der Waals surface area (Å²) in [6.45, 7) is 11.0. The molecule has 3 rings (SSSR count). The van der Waals surface area contributed by atoms with Crippen molar-refractivity contribution in [3.05, 3.63) is 36.0 Å². The van der Waals surface area contributed by atoms with Gasteiger partial charge in [-0.2, -0.15) is 4.98 Å². The molecule has 0 saturated heterocycles. The van der Waals surface area contributed by atoms with Gasteiger partial charge in [-0.25, -0.2) is 0 Å². The summed E-state index contributed by atoms with van der Waals surface area (Å²) in [5, 5.41) is 6.91. The summed E-state index contributed by atoms with van der Waals surface area (Å²) >= 11 is 0. The van der Waals surface area contributed by atoms with Crippen LogP contribution in [0, 0.1) is 0 Å². The van der Waals surface area contributed by atoms with Gasteiger partial charge >= 0.3 is 0 Å². The van der Waals surface area contributed by atoms with Gasteiger partial charge in [-0.1, -0.05) is 38.1 Å². The molecule has 150 valence electrons. The minimum Gasteiger partial charge on any atom is -0.479 e. The number of nitrogens with zero attached hydrogens (tertiary/aromatic N) is 3. The average Bonchev–Trinajstić information content (AvgIpc) is 3.10.